The molecule has 0 spiro atoms. The van der Waals surface area contributed by atoms with Gasteiger partial charge in [0.25, 0.3) is 5.91 Å². The second-order valence-corrected chi connectivity index (χ2v) is 7.43. The van der Waals surface area contributed by atoms with Crippen molar-refractivity contribution in [1.29, 1.82) is 0 Å². The molecule has 1 fully saturated rings. The van der Waals surface area contributed by atoms with Crippen LogP contribution >= 0.6 is 11.3 Å². The molecule has 26 heavy (non-hydrogen) atoms. The Morgan fingerprint density at radius 1 is 1.27 bits per heavy atom. The van der Waals surface area contributed by atoms with Crippen molar-refractivity contribution < 1.29 is 4.79 Å². The van der Waals surface area contributed by atoms with Crippen molar-refractivity contribution in [2.24, 2.45) is 7.05 Å². The molecule has 0 saturated carbocycles. The van der Waals surface area contributed by atoms with Crippen LogP contribution in [0.1, 0.15) is 39.8 Å². The number of carbonyl (C=O) groups excluding carboxylic acids is 1. The number of rotatable bonds is 3. The Labute approximate surface area is 155 Å². The zero-order valence-electron chi connectivity index (χ0n) is 14.8. The summed E-state index contributed by atoms with van der Waals surface area (Å²) in [5.74, 6) is 0.270. The molecule has 4 heterocycles. The average molecular weight is 368 g/mol. The second-order valence-electron chi connectivity index (χ2n) is 6.58. The summed E-state index contributed by atoms with van der Waals surface area (Å²) in [4.78, 5) is 33.0. The Kier molecular flexibility index (Phi) is 4.50. The minimum atomic E-state index is 0.0745. The molecule has 3 aromatic heterocycles. The van der Waals surface area contributed by atoms with E-state index >= 15 is 0 Å². The normalized spacial score (nSPS) is 17.5. The van der Waals surface area contributed by atoms with Crippen LogP contribution in [0.3, 0.4) is 0 Å². The first kappa shape index (κ1) is 16.8. The van der Waals surface area contributed by atoms with Gasteiger partial charge in [-0.25, -0.2) is 15.0 Å². The largest absolute Gasteiger partial charge is 0.337 e. The lowest BCUT2D eigenvalue weighted by Crippen LogP contribution is -2.39. The molecule has 3 aromatic rings. The summed E-state index contributed by atoms with van der Waals surface area (Å²) >= 11 is 1.41. The lowest BCUT2D eigenvalue weighted by molar-refractivity contribution is 0.0710. The first-order valence-corrected chi connectivity index (χ1v) is 9.49. The number of thiazole rings is 1. The molecular formula is C18H20N6OS. The number of piperidine rings is 1. The Bertz CT molecular complexity index is 933. The summed E-state index contributed by atoms with van der Waals surface area (Å²) in [6.45, 7) is 3.33. The Morgan fingerprint density at radius 2 is 2.15 bits per heavy atom. The zero-order valence-corrected chi connectivity index (χ0v) is 15.6. The number of imidazole rings is 1. The summed E-state index contributed by atoms with van der Waals surface area (Å²) in [6, 6.07) is 0. The minimum absolute atomic E-state index is 0.0745. The van der Waals surface area contributed by atoms with Crippen LogP contribution in [0.15, 0.2) is 30.4 Å². The Morgan fingerprint density at radius 3 is 2.88 bits per heavy atom. The molecule has 0 aromatic carbocycles. The van der Waals surface area contributed by atoms with E-state index in [0.29, 0.717) is 6.54 Å². The number of carbonyl (C=O) groups is 1. The Hall–Kier alpha value is -2.61. The van der Waals surface area contributed by atoms with Crippen LogP contribution in [0.5, 0.6) is 0 Å². The first-order chi connectivity index (χ1) is 12.6. The fraction of sp³-hybridized carbons (Fsp3) is 0.389. The molecule has 0 radical (unpaired) electrons. The van der Waals surface area contributed by atoms with E-state index in [9.17, 15) is 4.79 Å². The number of likely N-dealkylation sites (tertiary alicyclic amines) is 1. The maximum absolute atomic E-state index is 12.8. The van der Waals surface area contributed by atoms with Crippen molar-refractivity contribution in [3.05, 3.63) is 46.7 Å². The van der Waals surface area contributed by atoms with Crippen molar-refractivity contribution in [3.63, 3.8) is 0 Å². The van der Waals surface area contributed by atoms with Gasteiger partial charge in [-0.1, -0.05) is 0 Å². The molecule has 0 unspecified atom stereocenters. The van der Waals surface area contributed by atoms with E-state index in [0.717, 1.165) is 47.0 Å². The molecular weight excluding hydrogens is 348 g/mol. The molecule has 134 valence electrons. The second kappa shape index (κ2) is 6.95. The van der Waals surface area contributed by atoms with Gasteiger partial charge in [0.1, 0.15) is 10.6 Å². The van der Waals surface area contributed by atoms with Crippen LogP contribution in [-0.4, -0.2) is 48.4 Å². The molecule has 0 aliphatic carbocycles. The molecule has 1 saturated heterocycles. The van der Waals surface area contributed by atoms with E-state index < -0.39 is 0 Å². The molecule has 0 N–H and O–H groups in total. The average Bonchev–Trinajstić information content (AvgIpc) is 3.29. The number of aromatic nitrogens is 5. The fourth-order valence-electron chi connectivity index (χ4n) is 3.36. The van der Waals surface area contributed by atoms with Crippen LogP contribution in [0.2, 0.25) is 0 Å². The molecule has 1 aliphatic rings. The standard InChI is InChI=1S/C18H20N6OS/c1-12-17(26-11-21-12)18(25)24-5-3-4-13(9-24)14-6-19-7-15(22-14)16-8-20-10-23(16)2/h6-8,10-11,13H,3-5,9H2,1-2H3/t13-/m0/s1. The molecule has 8 heteroatoms. The van der Waals surface area contributed by atoms with Crippen molar-refractivity contribution in [1.82, 2.24) is 29.4 Å². The van der Waals surface area contributed by atoms with E-state index in [4.69, 9.17) is 4.98 Å². The lowest BCUT2D eigenvalue weighted by atomic mass is 9.94. The highest BCUT2D eigenvalue weighted by molar-refractivity contribution is 7.11. The topological polar surface area (TPSA) is 76.8 Å². The van der Waals surface area contributed by atoms with Crippen molar-refractivity contribution in [2.75, 3.05) is 13.1 Å². The van der Waals surface area contributed by atoms with Gasteiger partial charge in [0.2, 0.25) is 0 Å². The number of hydrogen-bond acceptors (Lipinski definition) is 6. The lowest BCUT2D eigenvalue weighted by Gasteiger charge is -2.32. The fourth-order valence-corrected chi connectivity index (χ4v) is 4.13. The van der Waals surface area contributed by atoms with Gasteiger partial charge in [0.15, 0.2) is 0 Å². The maximum Gasteiger partial charge on any atom is 0.265 e. The summed E-state index contributed by atoms with van der Waals surface area (Å²) in [5, 5.41) is 0. The third-order valence-corrected chi connectivity index (χ3v) is 5.72. The summed E-state index contributed by atoms with van der Waals surface area (Å²) < 4.78 is 1.93. The summed E-state index contributed by atoms with van der Waals surface area (Å²) in [7, 11) is 1.94. The van der Waals surface area contributed by atoms with Crippen molar-refractivity contribution in [3.8, 4) is 11.4 Å². The first-order valence-electron chi connectivity index (χ1n) is 8.61. The van der Waals surface area contributed by atoms with Crippen LogP contribution < -0.4 is 0 Å². The van der Waals surface area contributed by atoms with Gasteiger partial charge in [-0.05, 0) is 19.8 Å². The quantitative estimate of drug-likeness (QED) is 0.710. The van der Waals surface area contributed by atoms with Crippen molar-refractivity contribution >= 4 is 17.2 Å². The monoisotopic (exact) mass is 368 g/mol. The van der Waals surface area contributed by atoms with Crippen molar-refractivity contribution in [2.45, 2.75) is 25.7 Å². The third-order valence-electron chi connectivity index (χ3n) is 4.80. The van der Waals surface area contributed by atoms with Gasteiger partial charge in [-0.15, -0.1) is 11.3 Å². The number of aryl methyl sites for hydroxylation is 2. The van der Waals surface area contributed by atoms with E-state index in [-0.39, 0.29) is 11.8 Å². The number of nitrogens with zero attached hydrogens (tertiary/aromatic N) is 6. The van der Waals surface area contributed by atoms with Gasteiger partial charge >= 0.3 is 0 Å². The molecule has 1 amide bonds. The molecule has 1 aliphatic heterocycles. The SMILES string of the molecule is Cc1ncsc1C(=O)N1CCC[C@H](c2cncc(-c3cncn3C)n2)C1. The molecule has 1 atom stereocenters. The highest BCUT2D eigenvalue weighted by atomic mass is 32.1. The molecule has 7 nitrogen and oxygen atoms in total. The van der Waals surface area contributed by atoms with E-state index in [1.807, 2.05) is 29.6 Å². The molecule has 0 bridgehead atoms. The predicted octanol–water partition coefficient (Wildman–Crippen LogP) is 2.66. The van der Waals surface area contributed by atoms with E-state index in [1.165, 1.54) is 11.3 Å². The minimum Gasteiger partial charge on any atom is -0.337 e. The van der Waals surface area contributed by atoms with Gasteiger partial charge in [-0.2, -0.15) is 0 Å². The van der Waals surface area contributed by atoms with Crippen LogP contribution in [0, 0.1) is 6.92 Å². The summed E-state index contributed by atoms with van der Waals surface area (Å²) in [6.07, 6.45) is 9.09. The van der Waals surface area contributed by atoms with Gasteiger partial charge in [0.05, 0.1) is 41.3 Å². The van der Waals surface area contributed by atoms with Crippen LogP contribution in [0.25, 0.3) is 11.4 Å². The van der Waals surface area contributed by atoms with E-state index in [2.05, 4.69) is 15.0 Å². The zero-order chi connectivity index (χ0) is 18.1. The predicted molar refractivity (Wildman–Crippen MR) is 99.0 cm³/mol. The third kappa shape index (κ3) is 3.12. The van der Waals surface area contributed by atoms with Gasteiger partial charge < -0.3 is 9.47 Å². The Balaban J connectivity index is 1.56. The summed E-state index contributed by atoms with van der Waals surface area (Å²) in [5.41, 5.74) is 5.21. The maximum atomic E-state index is 12.8. The highest BCUT2D eigenvalue weighted by Gasteiger charge is 2.28. The smallest absolute Gasteiger partial charge is 0.265 e. The van der Waals surface area contributed by atoms with Gasteiger partial charge in [0, 0.05) is 32.3 Å². The van der Waals surface area contributed by atoms with E-state index in [1.54, 1.807) is 24.2 Å². The van der Waals surface area contributed by atoms with Crippen LogP contribution in [-0.2, 0) is 7.05 Å². The van der Waals surface area contributed by atoms with Gasteiger partial charge in [-0.3, -0.25) is 9.78 Å². The molecule has 4 rings (SSSR count). The van der Waals surface area contributed by atoms with Crippen LogP contribution in [0.4, 0.5) is 0 Å². The number of hydrogen-bond donors (Lipinski definition) is 0. The number of amides is 1. The highest BCUT2D eigenvalue weighted by Crippen LogP contribution is 2.28.